The highest BCUT2D eigenvalue weighted by Gasteiger charge is 2.20. The van der Waals surface area contributed by atoms with E-state index in [9.17, 15) is 14.9 Å². The van der Waals surface area contributed by atoms with Gasteiger partial charge in [0.2, 0.25) is 0 Å². The van der Waals surface area contributed by atoms with Crippen LogP contribution in [-0.2, 0) is 18.6 Å². The highest BCUT2D eigenvalue weighted by molar-refractivity contribution is 7.98. The molecule has 1 aliphatic rings. The quantitative estimate of drug-likeness (QED) is 0.500. The third kappa shape index (κ3) is 4.03. The molecular formula is C24H20N2O2S. The molecule has 0 saturated heterocycles. The molecule has 4 nitrogen and oxygen atoms in total. The van der Waals surface area contributed by atoms with Gasteiger partial charge in [-0.25, -0.2) is 0 Å². The summed E-state index contributed by atoms with van der Waals surface area (Å²) in [5, 5.41) is 10.2. The van der Waals surface area contributed by atoms with Crippen LogP contribution in [-0.4, -0.2) is 10.8 Å². The molecule has 0 aliphatic heterocycles. The smallest absolute Gasteiger partial charge is 0.267 e. The summed E-state index contributed by atoms with van der Waals surface area (Å²) in [6, 6.07) is 18.9. The molecule has 144 valence electrons. The standard InChI is InChI=1S/C24H20N2O2S/c25-14-21-19-8-4-5-9-20(19)24(26-23(21)28)29-15-16-10-12-18(13-11-16)22(27)17-6-2-1-3-7-17/h1-3,6-7,10-13H,4-5,8-9,15H2,(H,26,28). The summed E-state index contributed by atoms with van der Waals surface area (Å²) in [7, 11) is 0. The number of thioether (sulfide) groups is 1. The third-order valence-corrected chi connectivity index (χ3v) is 6.36. The van der Waals surface area contributed by atoms with Crippen LogP contribution < -0.4 is 5.56 Å². The van der Waals surface area contributed by atoms with Crippen molar-refractivity contribution in [1.29, 1.82) is 5.26 Å². The minimum Gasteiger partial charge on any atom is -0.316 e. The van der Waals surface area contributed by atoms with Gasteiger partial charge in [-0.1, -0.05) is 54.6 Å². The van der Waals surface area contributed by atoms with Crippen molar-refractivity contribution in [2.75, 3.05) is 0 Å². The lowest BCUT2D eigenvalue weighted by Crippen LogP contribution is -2.20. The molecule has 1 aliphatic carbocycles. The van der Waals surface area contributed by atoms with Crippen LogP contribution in [0.4, 0.5) is 0 Å². The van der Waals surface area contributed by atoms with Gasteiger partial charge in [0, 0.05) is 16.9 Å². The summed E-state index contributed by atoms with van der Waals surface area (Å²) in [5.41, 5.74) is 4.44. The van der Waals surface area contributed by atoms with Crippen LogP contribution in [0.1, 0.15) is 51.0 Å². The number of nitrogens with zero attached hydrogens (tertiary/aromatic N) is 1. The molecule has 0 spiro atoms. The first kappa shape index (κ1) is 19.2. The minimum atomic E-state index is -0.292. The van der Waals surface area contributed by atoms with Crippen LogP contribution >= 0.6 is 11.8 Å². The number of carbonyl (C=O) groups is 1. The number of pyridine rings is 1. The first-order valence-electron chi connectivity index (χ1n) is 9.67. The maximum atomic E-state index is 12.5. The Morgan fingerprint density at radius 1 is 0.966 bits per heavy atom. The Bertz CT molecular complexity index is 1140. The molecule has 2 aromatic carbocycles. The number of benzene rings is 2. The van der Waals surface area contributed by atoms with Crippen molar-refractivity contribution in [3.8, 4) is 6.07 Å². The summed E-state index contributed by atoms with van der Waals surface area (Å²) < 4.78 is 0. The van der Waals surface area contributed by atoms with Gasteiger partial charge >= 0.3 is 0 Å². The zero-order valence-electron chi connectivity index (χ0n) is 15.9. The molecular weight excluding hydrogens is 380 g/mol. The molecule has 0 fully saturated rings. The lowest BCUT2D eigenvalue weighted by Gasteiger charge is -2.19. The van der Waals surface area contributed by atoms with E-state index in [4.69, 9.17) is 0 Å². The number of rotatable bonds is 5. The molecule has 4 rings (SSSR count). The van der Waals surface area contributed by atoms with E-state index in [1.165, 1.54) is 0 Å². The summed E-state index contributed by atoms with van der Waals surface area (Å²) in [6.45, 7) is 0. The fraction of sp³-hybridized carbons (Fsp3) is 0.208. The van der Waals surface area contributed by atoms with Gasteiger partial charge in [0.05, 0.1) is 5.03 Å². The number of carbonyl (C=O) groups excluding carboxylic acids is 1. The predicted octanol–water partition coefficient (Wildman–Crippen LogP) is 4.65. The van der Waals surface area contributed by atoms with E-state index in [0.29, 0.717) is 16.9 Å². The minimum absolute atomic E-state index is 0.00953. The van der Waals surface area contributed by atoms with Gasteiger partial charge in [0.1, 0.15) is 11.6 Å². The van der Waals surface area contributed by atoms with E-state index in [-0.39, 0.29) is 16.9 Å². The largest absolute Gasteiger partial charge is 0.316 e. The monoisotopic (exact) mass is 400 g/mol. The number of fused-ring (bicyclic) bond motifs is 1. The van der Waals surface area contributed by atoms with E-state index in [2.05, 4.69) is 11.1 Å². The van der Waals surface area contributed by atoms with Crippen molar-refractivity contribution in [2.24, 2.45) is 0 Å². The van der Waals surface area contributed by atoms with Crippen LogP contribution in [0.15, 0.2) is 64.4 Å². The van der Waals surface area contributed by atoms with Crippen molar-refractivity contribution in [2.45, 2.75) is 36.5 Å². The Hall–Kier alpha value is -3.10. The highest BCUT2D eigenvalue weighted by atomic mass is 32.2. The van der Waals surface area contributed by atoms with Crippen molar-refractivity contribution < 1.29 is 4.79 Å². The Labute approximate surface area is 173 Å². The Morgan fingerprint density at radius 2 is 1.62 bits per heavy atom. The average molecular weight is 401 g/mol. The molecule has 1 aromatic heterocycles. The normalized spacial score (nSPS) is 12.8. The summed E-state index contributed by atoms with van der Waals surface area (Å²) in [5.74, 6) is 0.698. The number of hydrogen-bond donors (Lipinski definition) is 1. The van der Waals surface area contributed by atoms with E-state index in [1.54, 1.807) is 11.8 Å². The number of H-pyrrole nitrogens is 1. The maximum absolute atomic E-state index is 12.5. The first-order valence-corrected chi connectivity index (χ1v) is 10.7. The first-order chi connectivity index (χ1) is 14.2. The van der Waals surface area contributed by atoms with E-state index in [1.807, 2.05) is 54.6 Å². The van der Waals surface area contributed by atoms with Crippen LogP contribution in [0.3, 0.4) is 0 Å². The summed E-state index contributed by atoms with van der Waals surface area (Å²) >= 11 is 1.58. The molecule has 0 radical (unpaired) electrons. The fourth-order valence-corrected chi connectivity index (χ4v) is 4.78. The van der Waals surface area contributed by atoms with E-state index < -0.39 is 0 Å². The zero-order valence-corrected chi connectivity index (χ0v) is 16.7. The van der Waals surface area contributed by atoms with E-state index >= 15 is 0 Å². The topological polar surface area (TPSA) is 73.7 Å². The molecule has 1 heterocycles. The lowest BCUT2D eigenvalue weighted by molar-refractivity contribution is 0.103. The number of nitriles is 1. The second kappa shape index (κ2) is 8.50. The summed E-state index contributed by atoms with van der Waals surface area (Å²) in [4.78, 5) is 27.7. The van der Waals surface area contributed by atoms with E-state index in [0.717, 1.165) is 47.4 Å². The molecule has 0 saturated carbocycles. The highest BCUT2D eigenvalue weighted by Crippen LogP contribution is 2.31. The van der Waals surface area contributed by atoms with Crippen molar-refractivity contribution in [1.82, 2.24) is 4.98 Å². The second-order valence-electron chi connectivity index (χ2n) is 7.12. The number of hydrogen-bond acceptors (Lipinski definition) is 4. The van der Waals surface area contributed by atoms with Crippen LogP contribution in [0.25, 0.3) is 0 Å². The molecule has 29 heavy (non-hydrogen) atoms. The molecule has 1 N–H and O–H groups in total. The zero-order chi connectivity index (χ0) is 20.2. The van der Waals surface area contributed by atoms with Crippen LogP contribution in [0, 0.1) is 11.3 Å². The lowest BCUT2D eigenvalue weighted by atomic mass is 9.90. The average Bonchev–Trinajstić information content (AvgIpc) is 2.78. The van der Waals surface area contributed by atoms with Gasteiger partial charge in [-0.3, -0.25) is 9.59 Å². The number of aromatic amines is 1. The second-order valence-corrected chi connectivity index (χ2v) is 8.10. The van der Waals surface area contributed by atoms with Gasteiger partial charge in [-0.2, -0.15) is 5.26 Å². The number of nitrogens with one attached hydrogen (secondary N) is 1. The summed E-state index contributed by atoms with van der Waals surface area (Å²) in [6.07, 6.45) is 3.79. The molecule has 0 amide bonds. The van der Waals surface area contributed by atoms with Gasteiger partial charge in [0.25, 0.3) is 5.56 Å². The van der Waals surface area contributed by atoms with Gasteiger partial charge in [-0.05, 0) is 42.4 Å². The molecule has 0 unspecified atom stereocenters. The molecule has 3 aromatic rings. The van der Waals surface area contributed by atoms with Crippen molar-refractivity contribution in [3.63, 3.8) is 0 Å². The number of aromatic nitrogens is 1. The van der Waals surface area contributed by atoms with Crippen molar-refractivity contribution in [3.05, 3.63) is 98.3 Å². The Morgan fingerprint density at radius 3 is 2.31 bits per heavy atom. The van der Waals surface area contributed by atoms with Gasteiger partial charge in [-0.15, -0.1) is 11.8 Å². The van der Waals surface area contributed by atoms with Gasteiger partial charge < -0.3 is 4.98 Å². The molecule has 0 bridgehead atoms. The number of ketones is 1. The maximum Gasteiger partial charge on any atom is 0.267 e. The molecule has 5 heteroatoms. The third-order valence-electron chi connectivity index (χ3n) is 5.24. The van der Waals surface area contributed by atoms with Gasteiger partial charge in [0.15, 0.2) is 5.78 Å². The van der Waals surface area contributed by atoms with Crippen LogP contribution in [0.2, 0.25) is 0 Å². The SMILES string of the molecule is N#Cc1c2c(c(SCc3ccc(C(=O)c4ccccc4)cc3)[nH]c1=O)CCCC2. The predicted molar refractivity (Wildman–Crippen MR) is 114 cm³/mol. The van der Waals surface area contributed by atoms with Crippen LogP contribution in [0.5, 0.6) is 0 Å². The Kier molecular flexibility index (Phi) is 5.64. The molecule has 0 atom stereocenters. The fourth-order valence-electron chi connectivity index (χ4n) is 3.72. The Balaban J connectivity index is 1.52. The van der Waals surface area contributed by atoms with Crippen molar-refractivity contribution >= 4 is 17.5 Å².